The zero-order valence-electron chi connectivity index (χ0n) is 12.7. The summed E-state index contributed by atoms with van der Waals surface area (Å²) >= 11 is 6.51. The monoisotopic (exact) mass is 266 g/mol. The van der Waals surface area contributed by atoms with Gasteiger partial charge in [0.25, 0.3) is 0 Å². The van der Waals surface area contributed by atoms with Crippen molar-refractivity contribution in [1.82, 2.24) is 0 Å². The van der Waals surface area contributed by atoms with Crippen LogP contribution in [-0.4, -0.2) is 5.38 Å². The molecule has 0 aliphatic rings. The van der Waals surface area contributed by atoms with E-state index in [1.54, 1.807) is 0 Å². The molecule has 1 aromatic rings. The Labute approximate surface area is 118 Å². The lowest BCUT2D eigenvalue weighted by Crippen LogP contribution is -2.12. The Kier molecular flexibility index (Phi) is 5.28. The molecule has 0 aromatic heterocycles. The standard InChI is InChI=1S/C17H27Cl/c1-12-9-13(2)16(14(3)10-12)11-15(18)7-8-17(4,5)6/h9-10,15H,7-8,11H2,1-6H3. The summed E-state index contributed by atoms with van der Waals surface area (Å²) in [5.74, 6) is 0. The molecule has 1 aromatic carbocycles. The van der Waals surface area contributed by atoms with Gasteiger partial charge in [-0.2, -0.15) is 0 Å². The van der Waals surface area contributed by atoms with Crippen LogP contribution in [0.2, 0.25) is 0 Å². The van der Waals surface area contributed by atoms with E-state index in [4.69, 9.17) is 11.6 Å². The van der Waals surface area contributed by atoms with Gasteiger partial charge in [0.1, 0.15) is 0 Å². The zero-order chi connectivity index (χ0) is 13.9. The quantitative estimate of drug-likeness (QED) is 0.624. The van der Waals surface area contributed by atoms with Crippen molar-refractivity contribution in [2.45, 2.75) is 66.2 Å². The van der Waals surface area contributed by atoms with E-state index < -0.39 is 0 Å². The van der Waals surface area contributed by atoms with Crippen molar-refractivity contribution < 1.29 is 0 Å². The fourth-order valence-electron chi connectivity index (χ4n) is 2.45. The second-order valence-corrected chi connectivity index (χ2v) is 7.40. The topological polar surface area (TPSA) is 0 Å². The molecule has 1 atom stereocenters. The Morgan fingerprint density at radius 2 is 1.56 bits per heavy atom. The van der Waals surface area contributed by atoms with Crippen LogP contribution in [0.15, 0.2) is 12.1 Å². The maximum absolute atomic E-state index is 6.51. The van der Waals surface area contributed by atoms with Gasteiger partial charge in [-0.15, -0.1) is 11.6 Å². The average Bonchev–Trinajstić information content (AvgIpc) is 2.19. The Balaban J connectivity index is 2.68. The molecule has 0 aliphatic carbocycles. The third kappa shape index (κ3) is 5.02. The van der Waals surface area contributed by atoms with E-state index in [2.05, 4.69) is 53.7 Å². The maximum Gasteiger partial charge on any atom is 0.0376 e. The molecule has 0 amide bonds. The molecule has 0 nitrogen and oxygen atoms in total. The van der Waals surface area contributed by atoms with Crippen molar-refractivity contribution in [2.75, 3.05) is 0 Å². The van der Waals surface area contributed by atoms with Crippen LogP contribution in [0.5, 0.6) is 0 Å². The number of benzene rings is 1. The van der Waals surface area contributed by atoms with Crippen LogP contribution in [0.1, 0.15) is 55.9 Å². The summed E-state index contributed by atoms with van der Waals surface area (Å²) in [4.78, 5) is 0. The van der Waals surface area contributed by atoms with Crippen LogP contribution < -0.4 is 0 Å². The average molecular weight is 267 g/mol. The fourth-order valence-corrected chi connectivity index (χ4v) is 2.71. The highest BCUT2D eigenvalue weighted by molar-refractivity contribution is 6.20. The van der Waals surface area contributed by atoms with Crippen LogP contribution in [0, 0.1) is 26.2 Å². The molecule has 0 N–H and O–H groups in total. The first-order valence-corrected chi connectivity index (χ1v) is 7.33. The van der Waals surface area contributed by atoms with Crippen molar-refractivity contribution in [2.24, 2.45) is 5.41 Å². The first-order valence-electron chi connectivity index (χ1n) is 6.90. The predicted octanol–water partition coefficient (Wildman–Crippen LogP) is 5.59. The molecule has 0 saturated carbocycles. The van der Waals surface area contributed by atoms with Crippen LogP contribution in [0.25, 0.3) is 0 Å². The van der Waals surface area contributed by atoms with E-state index in [1.165, 1.54) is 28.7 Å². The van der Waals surface area contributed by atoms with Crippen LogP contribution in [-0.2, 0) is 6.42 Å². The first kappa shape index (κ1) is 15.6. The number of halogens is 1. The Morgan fingerprint density at radius 1 is 1.06 bits per heavy atom. The summed E-state index contributed by atoms with van der Waals surface area (Å²) in [6, 6.07) is 4.52. The Bertz CT molecular complexity index is 376. The Morgan fingerprint density at radius 3 is 2.00 bits per heavy atom. The molecule has 0 heterocycles. The highest BCUT2D eigenvalue weighted by Gasteiger charge is 2.15. The van der Waals surface area contributed by atoms with Crippen LogP contribution >= 0.6 is 11.6 Å². The lowest BCUT2D eigenvalue weighted by Gasteiger charge is -2.21. The number of alkyl halides is 1. The zero-order valence-corrected chi connectivity index (χ0v) is 13.5. The molecule has 0 aliphatic heterocycles. The van der Waals surface area contributed by atoms with E-state index in [-0.39, 0.29) is 5.38 Å². The minimum absolute atomic E-state index is 0.254. The van der Waals surface area contributed by atoms with Gasteiger partial charge in [0.05, 0.1) is 0 Å². The predicted molar refractivity (Wildman–Crippen MR) is 82.7 cm³/mol. The third-order valence-corrected chi connectivity index (χ3v) is 3.85. The molecule has 0 radical (unpaired) electrons. The smallest absolute Gasteiger partial charge is 0.0376 e. The van der Waals surface area contributed by atoms with Gasteiger partial charge in [0.2, 0.25) is 0 Å². The van der Waals surface area contributed by atoms with E-state index in [0.29, 0.717) is 5.41 Å². The molecule has 1 unspecified atom stereocenters. The fraction of sp³-hybridized carbons (Fsp3) is 0.647. The van der Waals surface area contributed by atoms with Gasteiger partial charge in [-0.25, -0.2) is 0 Å². The van der Waals surface area contributed by atoms with Gasteiger partial charge in [0, 0.05) is 5.38 Å². The number of hydrogen-bond acceptors (Lipinski definition) is 0. The highest BCUT2D eigenvalue weighted by Crippen LogP contribution is 2.26. The summed E-state index contributed by atoms with van der Waals surface area (Å²) in [7, 11) is 0. The molecule has 18 heavy (non-hydrogen) atoms. The molecule has 0 spiro atoms. The summed E-state index contributed by atoms with van der Waals surface area (Å²) in [6.45, 7) is 13.4. The second kappa shape index (κ2) is 6.10. The second-order valence-electron chi connectivity index (χ2n) is 6.78. The van der Waals surface area contributed by atoms with Gasteiger partial charge in [-0.1, -0.05) is 38.5 Å². The summed E-state index contributed by atoms with van der Waals surface area (Å²) in [6.07, 6.45) is 3.28. The lowest BCUT2D eigenvalue weighted by atomic mass is 9.88. The van der Waals surface area contributed by atoms with Gasteiger partial charge in [-0.3, -0.25) is 0 Å². The van der Waals surface area contributed by atoms with Gasteiger partial charge >= 0.3 is 0 Å². The number of aryl methyl sites for hydroxylation is 3. The molecule has 0 fully saturated rings. The van der Waals surface area contributed by atoms with E-state index in [0.717, 1.165) is 12.8 Å². The van der Waals surface area contributed by atoms with Crippen molar-refractivity contribution in [1.29, 1.82) is 0 Å². The SMILES string of the molecule is Cc1cc(C)c(CC(Cl)CCC(C)(C)C)c(C)c1. The molecule has 0 saturated heterocycles. The molecule has 1 heteroatoms. The van der Waals surface area contributed by atoms with Crippen LogP contribution in [0.3, 0.4) is 0 Å². The normalized spacial score (nSPS) is 13.7. The lowest BCUT2D eigenvalue weighted by molar-refractivity contribution is 0.362. The highest BCUT2D eigenvalue weighted by atomic mass is 35.5. The minimum atomic E-state index is 0.254. The summed E-state index contributed by atoms with van der Waals surface area (Å²) in [5.41, 5.74) is 5.93. The molecule has 102 valence electrons. The van der Waals surface area contributed by atoms with Crippen molar-refractivity contribution >= 4 is 11.6 Å². The van der Waals surface area contributed by atoms with Crippen LogP contribution in [0.4, 0.5) is 0 Å². The van der Waals surface area contributed by atoms with Gasteiger partial charge < -0.3 is 0 Å². The third-order valence-electron chi connectivity index (χ3n) is 3.47. The van der Waals surface area contributed by atoms with E-state index >= 15 is 0 Å². The maximum atomic E-state index is 6.51. The molecule has 1 rings (SSSR count). The first-order chi connectivity index (χ1) is 8.19. The molecule has 0 bridgehead atoms. The van der Waals surface area contributed by atoms with Gasteiger partial charge in [-0.05, 0) is 62.1 Å². The number of rotatable bonds is 4. The van der Waals surface area contributed by atoms with Gasteiger partial charge in [0.15, 0.2) is 0 Å². The van der Waals surface area contributed by atoms with Crippen molar-refractivity contribution in [3.8, 4) is 0 Å². The summed E-state index contributed by atoms with van der Waals surface area (Å²) in [5, 5.41) is 0.254. The largest absolute Gasteiger partial charge is 0.123 e. The van der Waals surface area contributed by atoms with E-state index in [9.17, 15) is 0 Å². The van der Waals surface area contributed by atoms with Crippen molar-refractivity contribution in [3.05, 3.63) is 34.4 Å². The van der Waals surface area contributed by atoms with E-state index in [1.807, 2.05) is 0 Å². The Hall–Kier alpha value is -0.490. The molecular weight excluding hydrogens is 240 g/mol. The minimum Gasteiger partial charge on any atom is -0.123 e. The van der Waals surface area contributed by atoms with Crippen molar-refractivity contribution in [3.63, 3.8) is 0 Å². The number of hydrogen-bond donors (Lipinski definition) is 0. The summed E-state index contributed by atoms with van der Waals surface area (Å²) < 4.78 is 0. The molecular formula is C17H27Cl.